The summed E-state index contributed by atoms with van der Waals surface area (Å²) in [5.41, 5.74) is 1.45. The number of benzene rings is 1. The first kappa shape index (κ1) is 16.0. The van der Waals surface area contributed by atoms with Crippen LogP contribution in [0.5, 0.6) is 0 Å². The van der Waals surface area contributed by atoms with E-state index in [1.54, 1.807) is 28.0 Å². The van der Waals surface area contributed by atoms with Gasteiger partial charge in [0.15, 0.2) is 0 Å². The van der Waals surface area contributed by atoms with Crippen molar-refractivity contribution in [3.63, 3.8) is 0 Å². The molecule has 3 heterocycles. The van der Waals surface area contributed by atoms with Crippen molar-refractivity contribution in [3.8, 4) is 0 Å². The Bertz CT molecular complexity index is 817. The molecule has 0 aliphatic carbocycles. The number of β-amino-alcohol motifs (C(OH)–C–C–N with tert-alkyl or cyclic N) is 1. The fourth-order valence-electron chi connectivity index (χ4n) is 4.07. The first-order valence-electron chi connectivity index (χ1n) is 8.63. The second-order valence-electron chi connectivity index (χ2n) is 6.90. The molecule has 0 radical (unpaired) electrons. The van der Waals surface area contributed by atoms with E-state index in [1.165, 1.54) is 0 Å². The van der Waals surface area contributed by atoms with E-state index < -0.39 is 5.41 Å². The number of hydrogen-bond acceptors (Lipinski definition) is 5. The monoisotopic (exact) mass is 343 g/mol. The van der Waals surface area contributed by atoms with E-state index in [0.29, 0.717) is 43.7 Å². The zero-order valence-corrected chi connectivity index (χ0v) is 13.9. The molecule has 8 nitrogen and oxygen atoms in total. The Morgan fingerprint density at radius 3 is 2.92 bits per heavy atom. The van der Waals surface area contributed by atoms with E-state index in [-0.39, 0.29) is 18.4 Å². The van der Waals surface area contributed by atoms with Gasteiger partial charge in [0.1, 0.15) is 11.0 Å². The Labute approximate surface area is 144 Å². The number of aliphatic hydroxyl groups is 1. The molecule has 2 fully saturated rings. The summed E-state index contributed by atoms with van der Waals surface area (Å²) in [6, 6.07) is 5.25. The molecule has 2 aromatic rings. The number of hydrogen-bond donors (Lipinski definition) is 2. The third-order valence-electron chi connectivity index (χ3n) is 5.40. The minimum atomic E-state index is -0.485. The van der Waals surface area contributed by atoms with E-state index in [9.17, 15) is 9.59 Å². The summed E-state index contributed by atoms with van der Waals surface area (Å²) < 4.78 is 0. The average molecular weight is 343 g/mol. The van der Waals surface area contributed by atoms with Gasteiger partial charge in [-0.1, -0.05) is 0 Å². The zero-order chi connectivity index (χ0) is 17.4. The number of carbonyl (C=O) groups is 2. The van der Waals surface area contributed by atoms with Gasteiger partial charge in [-0.25, -0.2) is 0 Å². The molecule has 2 aliphatic heterocycles. The lowest BCUT2D eigenvalue weighted by Crippen LogP contribution is -2.51. The standard InChI is InChI=1S/C17H21N5O3/c23-9-8-21-6-1-4-17(16(21)25)5-7-22(11-17)15(24)12-2-3-13-14(10-12)19-20-18-13/h2-3,10,23H,1,4-9,11H2,(H,18,19,20)/t17-/m1/s1. The molecule has 2 amide bonds. The number of amides is 2. The van der Waals surface area contributed by atoms with Crippen LogP contribution in [0.4, 0.5) is 0 Å². The fourth-order valence-corrected chi connectivity index (χ4v) is 4.07. The van der Waals surface area contributed by atoms with Crippen molar-refractivity contribution >= 4 is 22.8 Å². The maximum Gasteiger partial charge on any atom is 0.253 e. The molecule has 1 aromatic carbocycles. The summed E-state index contributed by atoms with van der Waals surface area (Å²) in [6.07, 6.45) is 2.41. The minimum absolute atomic E-state index is 0.0256. The van der Waals surface area contributed by atoms with Gasteiger partial charge in [-0.3, -0.25) is 9.59 Å². The van der Waals surface area contributed by atoms with Gasteiger partial charge in [-0.15, -0.1) is 0 Å². The Morgan fingerprint density at radius 2 is 2.08 bits per heavy atom. The molecule has 0 bridgehead atoms. The van der Waals surface area contributed by atoms with Crippen LogP contribution in [0, 0.1) is 5.41 Å². The van der Waals surface area contributed by atoms with Gasteiger partial charge in [0.25, 0.3) is 5.91 Å². The van der Waals surface area contributed by atoms with Crippen molar-refractivity contribution in [2.45, 2.75) is 19.3 Å². The molecule has 1 atom stereocenters. The third kappa shape index (κ3) is 2.66. The number of aromatic amines is 1. The van der Waals surface area contributed by atoms with Crippen molar-refractivity contribution < 1.29 is 14.7 Å². The summed E-state index contributed by atoms with van der Waals surface area (Å²) in [6.45, 7) is 2.06. The quantitative estimate of drug-likeness (QED) is 0.840. The average Bonchev–Trinajstić information content (AvgIpc) is 3.26. The molecule has 2 N–H and O–H groups in total. The van der Waals surface area contributed by atoms with E-state index in [1.807, 2.05) is 0 Å². The van der Waals surface area contributed by atoms with Crippen LogP contribution in [0.2, 0.25) is 0 Å². The topological polar surface area (TPSA) is 102 Å². The van der Waals surface area contributed by atoms with Gasteiger partial charge < -0.3 is 14.9 Å². The molecule has 1 aromatic heterocycles. The summed E-state index contributed by atoms with van der Waals surface area (Å²) in [4.78, 5) is 29.2. The van der Waals surface area contributed by atoms with Crippen LogP contribution in [0.25, 0.3) is 11.0 Å². The van der Waals surface area contributed by atoms with Crippen molar-refractivity contribution in [3.05, 3.63) is 23.8 Å². The Morgan fingerprint density at radius 1 is 1.24 bits per heavy atom. The van der Waals surface area contributed by atoms with Gasteiger partial charge in [0.2, 0.25) is 5.91 Å². The lowest BCUT2D eigenvalue weighted by Gasteiger charge is -2.39. The highest BCUT2D eigenvalue weighted by molar-refractivity contribution is 5.98. The number of fused-ring (bicyclic) bond motifs is 1. The predicted octanol–water partition coefficient (Wildman–Crippen LogP) is 0.405. The maximum atomic E-state index is 12.9. The fraction of sp³-hybridized carbons (Fsp3) is 0.529. The predicted molar refractivity (Wildman–Crippen MR) is 89.7 cm³/mol. The van der Waals surface area contributed by atoms with Crippen LogP contribution in [0.3, 0.4) is 0 Å². The van der Waals surface area contributed by atoms with Crippen LogP contribution < -0.4 is 0 Å². The second-order valence-corrected chi connectivity index (χ2v) is 6.90. The van der Waals surface area contributed by atoms with E-state index >= 15 is 0 Å². The highest BCUT2D eigenvalue weighted by Gasteiger charge is 2.49. The molecule has 0 unspecified atom stereocenters. The van der Waals surface area contributed by atoms with Gasteiger partial charge >= 0.3 is 0 Å². The normalized spacial score (nSPS) is 23.8. The van der Waals surface area contributed by atoms with Gasteiger partial charge in [-0.2, -0.15) is 15.4 Å². The number of carbonyl (C=O) groups excluding carboxylic acids is 2. The van der Waals surface area contributed by atoms with Crippen LogP contribution in [0.15, 0.2) is 18.2 Å². The van der Waals surface area contributed by atoms with Gasteiger partial charge in [0.05, 0.1) is 12.0 Å². The van der Waals surface area contributed by atoms with Crippen LogP contribution in [0.1, 0.15) is 29.6 Å². The molecule has 132 valence electrons. The highest BCUT2D eigenvalue weighted by Crippen LogP contribution is 2.40. The molecule has 0 saturated carbocycles. The van der Waals surface area contributed by atoms with Crippen molar-refractivity contribution in [1.29, 1.82) is 0 Å². The molecule has 1 spiro atoms. The van der Waals surface area contributed by atoms with E-state index in [4.69, 9.17) is 5.11 Å². The van der Waals surface area contributed by atoms with Crippen LogP contribution in [-0.4, -0.2) is 74.9 Å². The molecule has 25 heavy (non-hydrogen) atoms. The van der Waals surface area contributed by atoms with E-state index in [0.717, 1.165) is 18.4 Å². The summed E-state index contributed by atoms with van der Waals surface area (Å²) >= 11 is 0. The smallest absolute Gasteiger partial charge is 0.253 e. The Hall–Kier alpha value is -2.48. The van der Waals surface area contributed by atoms with Crippen molar-refractivity contribution in [2.24, 2.45) is 5.41 Å². The van der Waals surface area contributed by atoms with Gasteiger partial charge in [0, 0.05) is 31.7 Å². The maximum absolute atomic E-state index is 12.9. The molecular weight excluding hydrogens is 322 g/mol. The Balaban J connectivity index is 1.53. The SMILES string of the molecule is O=C(c1ccc2n[nH]nc2c1)N1CC[C@]2(CCCN(CCO)C2=O)C1. The number of piperidine rings is 1. The molecule has 2 saturated heterocycles. The number of aromatic nitrogens is 3. The minimum Gasteiger partial charge on any atom is -0.395 e. The number of nitrogens with zero attached hydrogens (tertiary/aromatic N) is 4. The number of nitrogens with one attached hydrogen (secondary N) is 1. The summed E-state index contributed by atoms with van der Waals surface area (Å²) in [7, 11) is 0. The van der Waals surface area contributed by atoms with Crippen LogP contribution in [-0.2, 0) is 4.79 Å². The molecule has 4 rings (SSSR count). The number of H-pyrrole nitrogens is 1. The first-order valence-corrected chi connectivity index (χ1v) is 8.63. The molecular formula is C17H21N5O3. The largest absolute Gasteiger partial charge is 0.395 e. The second kappa shape index (κ2) is 6.11. The summed E-state index contributed by atoms with van der Waals surface area (Å²) in [5.74, 6) is 0.00362. The number of aliphatic hydroxyl groups excluding tert-OH is 1. The molecule has 2 aliphatic rings. The third-order valence-corrected chi connectivity index (χ3v) is 5.40. The van der Waals surface area contributed by atoms with E-state index in [2.05, 4.69) is 15.4 Å². The zero-order valence-electron chi connectivity index (χ0n) is 13.9. The number of rotatable bonds is 3. The first-order chi connectivity index (χ1) is 12.1. The van der Waals surface area contributed by atoms with Gasteiger partial charge in [-0.05, 0) is 37.5 Å². The molecule has 8 heteroatoms. The Kier molecular flexibility index (Phi) is 3.91. The lowest BCUT2D eigenvalue weighted by atomic mass is 9.78. The summed E-state index contributed by atoms with van der Waals surface area (Å²) in [5, 5.41) is 19.7. The van der Waals surface area contributed by atoms with Crippen molar-refractivity contribution in [2.75, 3.05) is 32.8 Å². The van der Waals surface area contributed by atoms with Crippen LogP contribution >= 0.6 is 0 Å². The number of likely N-dealkylation sites (tertiary alicyclic amines) is 2. The highest BCUT2D eigenvalue weighted by atomic mass is 16.3. The van der Waals surface area contributed by atoms with Crippen molar-refractivity contribution in [1.82, 2.24) is 25.2 Å². The lowest BCUT2D eigenvalue weighted by molar-refractivity contribution is -0.146.